The first-order valence-corrected chi connectivity index (χ1v) is 7.04. The van der Waals surface area contributed by atoms with E-state index in [0.717, 1.165) is 25.3 Å². The zero-order valence-electron chi connectivity index (χ0n) is 11.6. The highest BCUT2D eigenvalue weighted by molar-refractivity contribution is 5.85. The summed E-state index contributed by atoms with van der Waals surface area (Å²) in [5.74, 6) is 0.782. The summed E-state index contributed by atoms with van der Waals surface area (Å²) in [7, 11) is 0. The van der Waals surface area contributed by atoms with Gasteiger partial charge in [0.1, 0.15) is 0 Å². The molecule has 4 heteroatoms. The van der Waals surface area contributed by atoms with Gasteiger partial charge in [-0.3, -0.25) is 4.68 Å². The Morgan fingerprint density at radius 3 is 2.44 bits per heavy atom. The van der Waals surface area contributed by atoms with E-state index in [4.69, 9.17) is 10.8 Å². The molecule has 2 N–H and O–H groups in total. The maximum absolute atomic E-state index is 5.95. The van der Waals surface area contributed by atoms with Gasteiger partial charge in [0.2, 0.25) is 0 Å². The minimum absolute atomic E-state index is 0. The third-order valence-electron chi connectivity index (χ3n) is 3.96. The number of hydrogen-bond acceptors (Lipinski definition) is 2. The topological polar surface area (TPSA) is 43.8 Å². The molecule has 3 nitrogen and oxygen atoms in total. The predicted molar refractivity (Wildman–Crippen MR) is 78.2 cm³/mol. The number of nitrogens with zero attached hydrogens (tertiary/aromatic N) is 2. The minimum Gasteiger partial charge on any atom is -0.328 e. The van der Waals surface area contributed by atoms with Gasteiger partial charge in [0.15, 0.2) is 0 Å². The van der Waals surface area contributed by atoms with Crippen molar-refractivity contribution in [2.24, 2.45) is 11.7 Å². The molecule has 2 rings (SSSR count). The number of halogens is 1. The maximum Gasteiger partial charge on any atom is 0.0624 e. The molecule has 0 spiro atoms. The monoisotopic (exact) mass is 271 g/mol. The first kappa shape index (κ1) is 15.5. The summed E-state index contributed by atoms with van der Waals surface area (Å²) in [5.41, 5.74) is 8.57. The normalized spacial score (nSPS) is 23.7. The molecule has 104 valence electrons. The van der Waals surface area contributed by atoms with Gasteiger partial charge >= 0.3 is 0 Å². The van der Waals surface area contributed by atoms with Crippen LogP contribution in [0.5, 0.6) is 0 Å². The Kier molecular flexibility index (Phi) is 6.16. The first-order valence-electron chi connectivity index (χ1n) is 7.04. The summed E-state index contributed by atoms with van der Waals surface area (Å²) >= 11 is 0. The van der Waals surface area contributed by atoms with Crippen LogP contribution in [0.25, 0.3) is 0 Å². The van der Waals surface area contributed by atoms with Crippen LogP contribution in [0, 0.1) is 5.92 Å². The fourth-order valence-electron chi connectivity index (χ4n) is 2.75. The smallest absolute Gasteiger partial charge is 0.0624 e. The molecule has 0 saturated heterocycles. The summed E-state index contributed by atoms with van der Waals surface area (Å²) < 4.78 is 2.24. The zero-order chi connectivity index (χ0) is 12.3. The van der Waals surface area contributed by atoms with Crippen molar-refractivity contribution in [3.63, 3.8) is 0 Å². The SMILES string of the molecule is CCc1cc(CC)n(C[C@H]2CC[C@H](N)CC2)n1.Cl. The maximum atomic E-state index is 5.95. The van der Waals surface area contributed by atoms with Gasteiger partial charge in [-0.25, -0.2) is 0 Å². The molecule has 0 radical (unpaired) electrons. The lowest BCUT2D eigenvalue weighted by Crippen LogP contribution is -2.28. The minimum atomic E-state index is 0. The van der Waals surface area contributed by atoms with Crippen molar-refractivity contribution in [2.45, 2.75) is 65.0 Å². The Hall–Kier alpha value is -0.540. The van der Waals surface area contributed by atoms with Crippen LogP contribution >= 0.6 is 12.4 Å². The van der Waals surface area contributed by atoms with Crippen molar-refractivity contribution in [3.05, 3.63) is 17.5 Å². The zero-order valence-corrected chi connectivity index (χ0v) is 12.4. The molecule has 1 fully saturated rings. The molecular formula is C14H26ClN3. The molecule has 18 heavy (non-hydrogen) atoms. The average Bonchev–Trinajstić information content (AvgIpc) is 2.74. The Morgan fingerprint density at radius 1 is 1.22 bits per heavy atom. The van der Waals surface area contributed by atoms with E-state index in [9.17, 15) is 0 Å². The highest BCUT2D eigenvalue weighted by atomic mass is 35.5. The fourth-order valence-corrected chi connectivity index (χ4v) is 2.75. The number of nitrogens with two attached hydrogens (primary N) is 1. The summed E-state index contributed by atoms with van der Waals surface area (Å²) in [6, 6.07) is 2.70. The molecule has 0 bridgehead atoms. The standard InChI is InChI=1S/C14H25N3.ClH/c1-3-13-9-14(4-2)17(16-13)10-11-5-7-12(15)8-6-11;/h9,11-12H,3-8,10,15H2,1-2H3;1H/t11-,12-;. The van der Waals surface area contributed by atoms with Crippen LogP contribution in [-0.4, -0.2) is 15.8 Å². The third-order valence-corrected chi connectivity index (χ3v) is 3.96. The molecule has 0 aliphatic heterocycles. The molecule has 1 aliphatic carbocycles. The van der Waals surface area contributed by atoms with E-state index in [0.29, 0.717) is 6.04 Å². The van der Waals surface area contributed by atoms with Crippen LogP contribution < -0.4 is 5.73 Å². The van der Waals surface area contributed by atoms with E-state index in [1.54, 1.807) is 0 Å². The highest BCUT2D eigenvalue weighted by Crippen LogP contribution is 2.25. The highest BCUT2D eigenvalue weighted by Gasteiger charge is 2.20. The molecule has 0 unspecified atom stereocenters. The van der Waals surface area contributed by atoms with Crippen LogP contribution in [0.2, 0.25) is 0 Å². The molecule has 0 atom stereocenters. The number of aromatic nitrogens is 2. The van der Waals surface area contributed by atoms with E-state index in [2.05, 4.69) is 24.6 Å². The lowest BCUT2D eigenvalue weighted by molar-refractivity contribution is 0.283. The lowest BCUT2D eigenvalue weighted by Gasteiger charge is -2.26. The second-order valence-corrected chi connectivity index (χ2v) is 5.30. The Morgan fingerprint density at radius 2 is 1.89 bits per heavy atom. The van der Waals surface area contributed by atoms with Crippen LogP contribution in [-0.2, 0) is 19.4 Å². The summed E-state index contributed by atoms with van der Waals surface area (Å²) in [5, 5.41) is 4.70. The van der Waals surface area contributed by atoms with Crippen LogP contribution in [0.15, 0.2) is 6.07 Å². The number of rotatable bonds is 4. The van der Waals surface area contributed by atoms with E-state index in [1.807, 2.05) is 0 Å². The van der Waals surface area contributed by atoms with Gasteiger partial charge in [0, 0.05) is 18.3 Å². The summed E-state index contributed by atoms with van der Waals surface area (Å²) in [6.07, 6.45) is 7.04. The first-order chi connectivity index (χ1) is 8.22. The van der Waals surface area contributed by atoms with Crippen molar-refractivity contribution < 1.29 is 0 Å². The van der Waals surface area contributed by atoms with Gasteiger partial charge in [0.25, 0.3) is 0 Å². The van der Waals surface area contributed by atoms with E-state index < -0.39 is 0 Å². The van der Waals surface area contributed by atoms with Gasteiger partial charge < -0.3 is 5.73 Å². The fraction of sp³-hybridized carbons (Fsp3) is 0.786. The Bertz CT molecular complexity index is 354. The molecule has 1 saturated carbocycles. The second-order valence-electron chi connectivity index (χ2n) is 5.30. The second kappa shape index (κ2) is 7.15. The lowest BCUT2D eigenvalue weighted by atomic mass is 9.86. The molecule has 0 amide bonds. The summed E-state index contributed by atoms with van der Waals surface area (Å²) in [6.45, 7) is 5.48. The van der Waals surface area contributed by atoms with Crippen molar-refractivity contribution in [1.29, 1.82) is 0 Å². The Labute approximate surface area is 117 Å². The molecule has 1 aliphatic rings. The largest absolute Gasteiger partial charge is 0.328 e. The molecule has 1 aromatic rings. The van der Waals surface area contributed by atoms with Crippen molar-refractivity contribution in [2.75, 3.05) is 0 Å². The van der Waals surface area contributed by atoms with Crippen molar-refractivity contribution >= 4 is 12.4 Å². The molecule has 1 aromatic heterocycles. The quantitative estimate of drug-likeness (QED) is 0.915. The number of hydrogen-bond donors (Lipinski definition) is 1. The van der Waals surface area contributed by atoms with E-state index >= 15 is 0 Å². The third kappa shape index (κ3) is 3.72. The van der Waals surface area contributed by atoms with Gasteiger partial charge in [-0.1, -0.05) is 13.8 Å². The summed E-state index contributed by atoms with van der Waals surface area (Å²) in [4.78, 5) is 0. The average molecular weight is 272 g/mol. The van der Waals surface area contributed by atoms with Crippen LogP contribution in [0.1, 0.15) is 50.9 Å². The molecular weight excluding hydrogens is 246 g/mol. The van der Waals surface area contributed by atoms with Gasteiger partial charge in [-0.15, -0.1) is 12.4 Å². The van der Waals surface area contributed by atoms with Crippen molar-refractivity contribution in [1.82, 2.24) is 9.78 Å². The van der Waals surface area contributed by atoms with E-state index in [1.165, 1.54) is 37.1 Å². The van der Waals surface area contributed by atoms with Gasteiger partial charge in [-0.05, 0) is 50.5 Å². The molecule has 1 heterocycles. The predicted octanol–water partition coefficient (Wildman–Crippen LogP) is 2.95. The molecule has 0 aromatic carbocycles. The van der Waals surface area contributed by atoms with Gasteiger partial charge in [0.05, 0.1) is 5.69 Å². The van der Waals surface area contributed by atoms with E-state index in [-0.39, 0.29) is 12.4 Å². The van der Waals surface area contributed by atoms with Crippen LogP contribution in [0.3, 0.4) is 0 Å². The van der Waals surface area contributed by atoms with Gasteiger partial charge in [-0.2, -0.15) is 5.10 Å². The van der Waals surface area contributed by atoms with Crippen LogP contribution in [0.4, 0.5) is 0 Å². The number of aryl methyl sites for hydroxylation is 2. The Balaban J connectivity index is 0.00000162. The van der Waals surface area contributed by atoms with Crippen molar-refractivity contribution in [3.8, 4) is 0 Å².